The molecule has 3 rings (SSSR count). The summed E-state index contributed by atoms with van der Waals surface area (Å²) < 4.78 is 11.4. The average Bonchev–Trinajstić information content (AvgIpc) is 2.81. The molecule has 3 nitrogen and oxygen atoms in total. The molecule has 19 heavy (non-hydrogen) atoms. The maximum atomic E-state index is 6.08. The van der Waals surface area contributed by atoms with Crippen LogP contribution in [0.5, 0.6) is 11.5 Å². The molecule has 1 atom stereocenters. The van der Waals surface area contributed by atoms with E-state index in [4.69, 9.17) is 26.8 Å². The van der Waals surface area contributed by atoms with Gasteiger partial charge in [-0.25, -0.2) is 0 Å². The van der Waals surface area contributed by atoms with Gasteiger partial charge in [-0.05, 0) is 24.3 Å². The summed E-state index contributed by atoms with van der Waals surface area (Å²) in [6.07, 6.45) is 0. The van der Waals surface area contributed by atoms with Crippen LogP contribution in [0.1, 0.15) is 11.5 Å². The van der Waals surface area contributed by atoms with Crippen molar-refractivity contribution in [1.82, 2.24) is 0 Å². The molecule has 0 saturated carbocycles. The largest absolute Gasteiger partial charge is 0.493 e. The predicted molar refractivity (Wildman–Crippen MR) is 76.0 cm³/mol. The smallest absolute Gasteiger partial charge is 0.138 e. The topological polar surface area (TPSA) is 44.5 Å². The summed E-state index contributed by atoms with van der Waals surface area (Å²) in [7, 11) is 0. The van der Waals surface area contributed by atoms with Gasteiger partial charge in [0.05, 0.1) is 24.2 Å². The molecule has 4 heteroatoms. The molecular formula is C15H14ClNO2. The first-order valence-corrected chi connectivity index (χ1v) is 6.51. The average molecular weight is 276 g/mol. The van der Waals surface area contributed by atoms with Crippen LogP contribution in [0.4, 0.5) is 5.69 Å². The molecule has 0 fully saturated rings. The zero-order chi connectivity index (χ0) is 13.2. The fourth-order valence-corrected chi connectivity index (χ4v) is 2.44. The van der Waals surface area contributed by atoms with Crippen LogP contribution >= 0.6 is 11.6 Å². The maximum absolute atomic E-state index is 6.08. The van der Waals surface area contributed by atoms with Crippen LogP contribution < -0.4 is 15.2 Å². The molecule has 0 aromatic heterocycles. The molecule has 2 N–H and O–H groups in total. The van der Waals surface area contributed by atoms with E-state index in [0.29, 0.717) is 29.7 Å². The lowest BCUT2D eigenvalue weighted by Crippen LogP contribution is -2.11. The van der Waals surface area contributed by atoms with E-state index in [2.05, 4.69) is 6.07 Å². The van der Waals surface area contributed by atoms with Gasteiger partial charge >= 0.3 is 0 Å². The Bertz CT molecular complexity index is 600. The molecule has 1 heterocycles. The number of nitrogens with two attached hydrogens (primary N) is 1. The summed E-state index contributed by atoms with van der Waals surface area (Å²) in [5.74, 6) is 1.84. The van der Waals surface area contributed by atoms with Gasteiger partial charge in [0, 0.05) is 11.3 Å². The van der Waals surface area contributed by atoms with Crippen molar-refractivity contribution in [3.8, 4) is 11.5 Å². The van der Waals surface area contributed by atoms with Crippen LogP contribution in [0.3, 0.4) is 0 Å². The van der Waals surface area contributed by atoms with Gasteiger partial charge in [-0.15, -0.1) is 0 Å². The van der Waals surface area contributed by atoms with Crippen molar-refractivity contribution in [3.63, 3.8) is 0 Å². The van der Waals surface area contributed by atoms with Crippen LogP contribution in [0, 0.1) is 0 Å². The quantitative estimate of drug-likeness (QED) is 0.872. The molecule has 0 saturated heterocycles. The van der Waals surface area contributed by atoms with E-state index in [0.717, 1.165) is 5.75 Å². The summed E-state index contributed by atoms with van der Waals surface area (Å²) in [5, 5.41) is 0.534. The third-order valence-electron chi connectivity index (χ3n) is 3.19. The second-order valence-electron chi connectivity index (χ2n) is 4.55. The molecule has 0 aliphatic carbocycles. The molecule has 2 aromatic carbocycles. The standard InChI is InChI=1S/C15H14ClNO2/c16-13-7-11(17)5-6-15(13)19-9-10-8-18-14-4-2-1-3-12(10)14/h1-7,10H,8-9,17H2. The predicted octanol–water partition coefficient (Wildman–Crippen LogP) is 3.48. The Balaban J connectivity index is 1.71. The molecule has 2 aromatic rings. The first-order valence-electron chi connectivity index (χ1n) is 6.13. The van der Waals surface area contributed by atoms with Gasteiger partial charge < -0.3 is 15.2 Å². The monoisotopic (exact) mass is 275 g/mol. The van der Waals surface area contributed by atoms with Crippen LogP contribution in [0.15, 0.2) is 42.5 Å². The fraction of sp³-hybridized carbons (Fsp3) is 0.200. The molecule has 0 radical (unpaired) electrons. The first-order chi connectivity index (χ1) is 9.24. The summed E-state index contributed by atoms with van der Waals surface area (Å²) in [5.41, 5.74) is 7.47. The number of ether oxygens (including phenoxy) is 2. The number of rotatable bonds is 3. The number of hydrogen-bond donors (Lipinski definition) is 1. The normalized spacial score (nSPS) is 16.8. The lowest BCUT2D eigenvalue weighted by molar-refractivity contribution is 0.248. The van der Waals surface area contributed by atoms with Gasteiger partial charge in [-0.3, -0.25) is 0 Å². The van der Waals surface area contributed by atoms with Crippen molar-refractivity contribution >= 4 is 17.3 Å². The lowest BCUT2D eigenvalue weighted by Gasteiger charge is -2.12. The number of halogens is 1. The number of hydrogen-bond acceptors (Lipinski definition) is 3. The molecule has 0 amide bonds. The Morgan fingerprint density at radius 1 is 1.26 bits per heavy atom. The van der Waals surface area contributed by atoms with Gasteiger partial charge in [0.1, 0.15) is 11.5 Å². The highest BCUT2D eigenvalue weighted by molar-refractivity contribution is 6.32. The van der Waals surface area contributed by atoms with Crippen molar-refractivity contribution in [2.45, 2.75) is 5.92 Å². The third-order valence-corrected chi connectivity index (χ3v) is 3.49. The molecule has 0 bridgehead atoms. The number of para-hydroxylation sites is 1. The summed E-state index contributed by atoms with van der Waals surface area (Å²) in [4.78, 5) is 0. The van der Waals surface area contributed by atoms with E-state index >= 15 is 0 Å². The Morgan fingerprint density at radius 2 is 2.11 bits per heavy atom. The van der Waals surface area contributed by atoms with E-state index in [1.807, 2.05) is 18.2 Å². The fourth-order valence-electron chi connectivity index (χ4n) is 2.19. The number of nitrogen functional groups attached to an aromatic ring is 1. The van der Waals surface area contributed by atoms with E-state index in [1.54, 1.807) is 18.2 Å². The molecule has 98 valence electrons. The van der Waals surface area contributed by atoms with Crippen molar-refractivity contribution in [3.05, 3.63) is 53.1 Å². The van der Waals surface area contributed by atoms with Crippen LogP contribution in [-0.4, -0.2) is 13.2 Å². The SMILES string of the molecule is Nc1ccc(OCC2COc3ccccc32)c(Cl)c1. The summed E-state index contributed by atoms with van der Waals surface area (Å²) in [6, 6.07) is 13.3. The van der Waals surface area contributed by atoms with E-state index in [-0.39, 0.29) is 5.92 Å². The third kappa shape index (κ3) is 2.47. The molecule has 0 spiro atoms. The Morgan fingerprint density at radius 3 is 2.95 bits per heavy atom. The lowest BCUT2D eigenvalue weighted by atomic mass is 10.0. The highest BCUT2D eigenvalue weighted by Gasteiger charge is 2.24. The summed E-state index contributed by atoms with van der Waals surface area (Å²) in [6.45, 7) is 1.19. The highest BCUT2D eigenvalue weighted by Crippen LogP contribution is 2.34. The van der Waals surface area contributed by atoms with Crippen molar-refractivity contribution in [2.75, 3.05) is 18.9 Å². The number of fused-ring (bicyclic) bond motifs is 1. The zero-order valence-corrected chi connectivity index (χ0v) is 11.1. The van der Waals surface area contributed by atoms with Gasteiger partial charge in [0.25, 0.3) is 0 Å². The molecule has 1 aliphatic rings. The van der Waals surface area contributed by atoms with Crippen molar-refractivity contribution in [1.29, 1.82) is 0 Å². The van der Waals surface area contributed by atoms with Gasteiger partial charge in [-0.1, -0.05) is 29.8 Å². The van der Waals surface area contributed by atoms with Gasteiger partial charge in [-0.2, -0.15) is 0 Å². The minimum Gasteiger partial charge on any atom is -0.493 e. The van der Waals surface area contributed by atoms with Crippen molar-refractivity contribution < 1.29 is 9.47 Å². The van der Waals surface area contributed by atoms with Crippen LogP contribution in [-0.2, 0) is 0 Å². The van der Waals surface area contributed by atoms with E-state index < -0.39 is 0 Å². The number of benzene rings is 2. The number of anilines is 1. The maximum Gasteiger partial charge on any atom is 0.138 e. The molecular weight excluding hydrogens is 262 g/mol. The Hall–Kier alpha value is -1.87. The summed E-state index contributed by atoms with van der Waals surface area (Å²) >= 11 is 6.08. The minimum absolute atomic E-state index is 0.241. The second-order valence-corrected chi connectivity index (χ2v) is 4.95. The van der Waals surface area contributed by atoms with E-state index in [9.17, 15) is 0 Å². The van der Waals surface area contributed by atoms with E-state index in [1.165, 1.54) is 5.56 Å². The molecule has 1 unspecified atom stereocenters. The highest BCUT2D eigenvalue weighted by atomic mass is 35.5. The van der Waals surface area contributed by atoms with Crippen LogP contribution in [0.25, 0.3) is 0 Å². The second kappa shape index (κ2) is 5.02. The molecule has 1 aliphatic heterocycles. The van der Waals surface area contributed by atoms with Gasteiger partial charge in [0.2, 0.25) is 0 Å². The first kappa shape index (κ1) is 12.2. The zero-order valence-electron chi connectivity index (χ0n) is 10.3. The minimum atomic E-state index is 0.241. The Kier molecular flexibility index (Phi) is 3.22. The van der Waals surface area contributed by atoms with Gasteiger partial charge in [0.15, 0.2) is 0 Å². The van der Waals surface area contributed by atoms with Crippen molar-refractivity contribution in [2.24, 2.45) is 0 Å². The van der Waals surface area contributed by atoms with Crippen LogP contribution in [0.2, 0.25) is 5.02 Å². The Labute approximate surface area is 116 Å².